The fourth-order valence-electron chi connectivity index (χ4n) is 1.79. The van der Waals surface area contributed by atoms with E-state index in [-0.39, 0.29) is 12.3 Å². The molecule has 0 saturated heterocycles. The van der Waals surface area contributed by atoms with E-state index in [0.29, 0.717) is 16.3 Å². The largest absolute Gasteiger partial charge is 0.485 e. The summed E-state index contributed by atoms with van der Waals surface area (Å²) >= 11 is 5.99. The minimum absolute atomic E-state index is 0.0355. The van der Waals surface area contributed by atoms with Crippen LogP contribution in [0.5, 0.6) is 5.75 Å². The van der Waals surface area contributed by atoms with E-state index in [4.69, 9.17) is 16.3 Å². The topological polar surface area (TPSA) is 70.2 Å². The van der Waals surface area contributed by atoms with Gasteiger partial charge in [-0.1, -0.05) is 24.6 Å². The smallest absolute Gasteiger partial charge is 0.277 e. The van der Waals surface area contributed by atoms with Gasteiger partial charge in [-0.15, -0.1) is 0 Å². The number of hydrogen-bond acceptors (Lipinski definition) is 4. The molecule has 0 fully saturated rings. The molecule has 20 heavy (non-hydrogen) atoms. The highest BCUT2D eigenvalue weighted by Gasteiger charge is 2.17. The van der Waals surface area contributed by atoms with Gasteiger partial charge in [-0.05, 0) is 12.5 Å². The second-order valence-electron chi connectivity index (χ2n) is 4.22. The van der Waals surface area contributed by atoms with Gasteiger partial charge in [-0.2, -0.15) is 5.10 Å². The summed E-state index contributed by atoms with van der Waals surface area (Å²) in [6, 6.07) is 4.56. The molecule has 106 valence electrons. The lowest BCUT2D eigenvalue weighted by Gasteiger charge is -2.06. The zero-order valence-electron chi connectivity index (χ0n) is 11.0. The van der Waals surface area contributed by atoms with E-state index in [2.05, 4.69) is 12.0 Å². The average molecular weight is 296 g/mol. The summed E-state index contributed by atoms with van der Waals surface area (Å²) in [5, 5.41) is 15.4. The first-order valence-corrected chi connectivity index (χ1v) is 6.56. The third kappa shape index (κ3) is 3.27. The first-order chi connectivity index (χ1) is 9.61. The van der Waals surface area contributed by atoms with Crippen molar-refractivity contribution in [2.45, 2.75) is 26.5 Å². The third-order valence-electron chi connectivity index (χ3n) is 2.74. The Morgan fingerprint density at radius 2 is 2.30 bits per heavy atom. The SMILES string of the molecule is CCCn1cc(OCc2c(Cl)cccc2[N+](=O)[O-])cn1. The molecule has 0 aliphatic rings. The van der Waals surface area contributed by atoms with Crippen molar-refractivity contribution in [2.75, 3.05) is 0 Å². The van der Waals surface area contributed by atoms with Crippen molar-refractivity contribution < 1.29 is 9.66 Å². The van der Waals surface area contributed by atoms with Crippen LogP contribution in [0.1, 0.15) is 18.9 Å². The molecule has 0 N–H and O–H groups in total. The minimum Gasteiger partial charge on any atom is -0.485 e. The number of halogens is 1. The molecule has 0 amide bonds. The molecule has 7 heteroatoms. The number of rotatable bonds is 6. The maximum Gasteiger partial charge on any atom is 0.277 e. The number of nitrogens with zero attached hydrogens (tertiary/aromatic N) is 3. The molecule has 2 aromatic rings. The van der Waals surface area contributed by atoms with Crippen molar-refractivity contribution in [3.05, 3.63) is 51.3 Å². The highest BCUT2D eigenvalue weighted by molar-refractivity contribution is 6.31. The molecule has 6 nitrogen and oxygen atoms in total. The summed E-state index contributed by atoms with van der Waals surface area (Å²) in [6.45, 7) is 2.89. The summed E-state index contributed by atoms with van der Waals surface area (Å²) < 4.78 is 7.28. The second-order valence-corrected chi connectivity index (χ2v) is 4.63. The van der Waals surface area contributed by atoms with Gasteiger partial charge in [0.1, 0.15) is 6.61 Å². The predicted molar refractivity (Wildman–Crippen MR) is 75.0 cm³/mol. The van der Waals surface area contributed by atoms with E-state index in [9.17, 15) is 10.1 Å². The van der Waals surface area contributed by atoms with Crippen LogP contribution in [0.4, 0.5) is 5.69 Å². The van der Waals surface area contributed by atoms with E-state index < -0.39 is 4.92 Å². The standard InChI is InChI=1S/C13H14ClN3O3/c1-2-6-16-8-10(7-15-16)20-9-11-12(14)4-3-5-13(11)17(18)19/h3-5,7-8H,2,6,9H2,1H3. The normalized spacial score (nSPS) is 10.5. The fourth-order valence-corrected chi connectivity index (χ4v) is 2.01. The van der Waals surface area contributed by atoms with Gasteiger partial charge in [0.2, 0.25) is 0 Å². The van der Waals surface area contributed by atoms with Gasteiger partial charge in [-0.3, -0.25) is 14.8 Å². The molecule has 0 bridgehead atoms. The molecule has 0 saturated carbocycles. The number of aryl methyl sites for hydroxylation is 1. The van der Waals surface area contributed by atoms with E-state index in [1.165, 1.54) is 6.07 Å². The van der Waals surface area contributed by atoms with Crippen LogP contribution in [0.15, 0.2) is 30.6 Å². The Hall–Kier alpha value is -2.08. The summed E-state index contributed by atoms with van der Waals surface area (Å²) in [5.41, 5.74) is 0.320. The van der Waals surface area contributed by atoms with E-state index in [1.807, 2.05) is 0 Å². The summed E-state index contributed by atoms with van der Waals surface area (Å²) in [6.07, 6.45) is 4.31. The lowest BCUT2D eigenvalue weighted by molar-refractivity contribution is -0.385. The van der Waals surface area contributed by atoms with Crippen LogP contribution in [-0.2, 0) is 13.2 Å². The van der Waals surface area contributed by atoms with E-state index in [1.54, 1.807) is 29.2 Å². The molecule has 0 radical (unpaired) electrons. The molecule has 0 unspecified atom stereocenters. The summed E-state index contributed by atoms with van der Waals surface area (Å²) in [4.78, 5) is 10.5. The Kier molecular flexibility index (Phi) is 4.57. The Morgan fingerprint density at radius 3 is 3.00 bits per heavy atom. The molecule has 0 atom stereocenters. The van der Waals surface area contributed by atoms with Gasteiger partial charge < -0.3 is 4.74 Å². The first-order valence-electron chi connectivity index (χ1n) is 6.19. The fraction of sp³-hybridized carbons (Fsp3) is 0.308. The van der Waals surface area contributed by atoms with Gasteiger partial charge in [0.15, 0.2) is 5.75 Å². The van der Waals surface area contributed by atoms with Crippen LogP contribution in [0, 0.1) is 10.1 Å². The van der Waals surface area contributed by atoms with Crippen LogP contribution in [0.3, 0.4) is 0 Å². The van der Waals surface area contributed by atoms with Crippen molar-refractivity contribution >= 4 is 17.3 Å². The first kappa shape index (κ1) is 14.3. The average Bonchev–Trinajstić information content (AvgIpc) is 2.85. The molecular formula is C13H14ClN3O3. The molecule has 1 aromatic carbocycles. The van der Waals surface area contributed by atoms with Gasteiger partial charge in [0.05, 0.1) is 27.9 Å². The number of nitro groups is 1. The molecular weight excluding hydrogens is 282 g/mol. The second kappa shape index (κ2) is 6.38. The molecule has 2 rings (SSSR count). The van der Waals surface area contributed by atoms with Crippen LogP contribution in [-0.4, -0.2) is 14.7 Å². The van der Waals surface area contributed by atoms with Crippen molar-refractivity contribution in [3.63, 3.8) is 0 Å². The summed E-state index contributed by atoms with van der Waals surface area (Å²) in [5.74, 6) is 0.563. The number of aromatic nitrogens is 2. The molecule has 0 spiro atoms. The molecule has 1 heterocycles. The molecule has 1 aromatic heterocycles. The number of ether oxygens (including phenoxy) is 1. The number of benzene rings is 1. The lowest BCUT2D eigenvalue weighted by Crippen LogP contribution is -2.01. The Bertz CT molecular complexity index is 613. The number of nitro benzene ring substituents is 1. The maximum atomic E-state index is 10.9. The highest BCUT2D eigenvalue weighted by Crippen LogP contribution is 2.27. The van der Waals surface area contributed by atoms with Gasteiger partial charge >= 0.3 is 0 Å². The zero-order chi connectivity index (χ0) is 14.5. The number of hydrogen-bond donors (Lipinski definition) is 0. The van der Waals surface area contributed by atoms with Crippen molar-refractivity contribution in [3.8, 4) is 5.75 Å². The maximum absolute atomic E-state index is 10.9. The monoisotopic (exact) mass is 295 g/mol. The van der Waals surface area contributed by atoms with Crippen LogP contribution in [0.2, 0.25) is 5.02 Å². The zero-order valence-corrected chi connectivity index (χ0v) is 11.7. The Balaban J connectivity index is 2.12. The lowest BCUT2D eigenvalue weighted by atomic mass is 10.2. The van der Waals surface area contributed by atoms with Crippen LogP contribution >= 0.6 is 11.6 Å². The minimum atomic E-state index is -0.467. The molecule has 0 aliphatic heterocycles. The van der Waals surface area contributed by atoms with Gasteiger partial charge in [0.25, 0.3) is 5.69 Å². The van der Waals surface area contributed by atoms with Crippen LogP contribution in [0.25, 0.3) is 0 Å². The van der Waals surface area contributed by atoms with Gasteiger partial charge in [-0.25, -0.2) is 0 Å². The van der Waals surface area contributed by atoms with Crippen molar-refractivity contribution in [1.82, 2.24) is 9.78 Å². The van der Waals surface area contributed by atoms with Crippen molar-refractivity contribution in [2.24, 2.45) is 0 Å². The Labute approximate surface area is 121 Å². The van der Waals surface area contributed by atoms with Gasteiger partial charge in [0, 0.05) is 12.6 Å². The molecule has 0 aliphatic carbocycles. The highest BCUT2D eigenvalue weighted by atomic mass is 35.5. The summed E-state index contributed by atoms with van der Waals surface area (Å²) in [7, 11) is 0. The third-order valence-corrected chi connectivity index (χ3v) is 3.09. The quantitative estimate of drug-likeness (QED) is 0.604. The Morgan fingerprint density at radius 1 is 1.50 bits per heavy atom. The predicted octanol–water partition coefficient (Wildman–Crippen LogP) is 3.43. The van der Waals surface area contributed by atoms with E-state index in [0.717, 1.165) is 13.0 Å². The van der Waals surface area contributed by atoms with Crippen molar-refractivity contribution in [1.29, 1.82) is 0 Å². The van der Waals surface area contributed by atoms with E-state index >= 15 is 0 Å². The van der Waals surface area contributed by atoms with Crippen LogP contribution < -0.4 is 4.74 Å².